The number of hydrogen-bond acceptors (Lipinski definition) is 6. The topological polar surface area (TPSA) is 80.5 Å². The van der Waals surface area contributed by atoms with Crippen LogP contribution in [0, 0.1) is 0 Å². The normalized spacial score (nSPS) is 14.6. The van der Waals surface area contributed by atoms with Crippen LogP contribution in [0.5, 0.6) is 5.75 Å². The van der Waals surface area contributed by atoms with Gasteiger partial charge in [-0.25, -0.2) is 4.98 Å². The smallest absolute Gasteiger partial charge is 0.406 e. The van der Waals surface area contributed by atoms with E-state index in [4.69, 9.17) is 10.7 Å². The third-order valence-corrected chi connectivity index (χ3v) is 6.30. The summed E-state index contributed by atoms with van der Waals surface area (Å²) in [5.41, 5.74) is 9.09. The SMILES string of the molecule is CC(C)N1CCc2nc3sc(C(=O)Nc4ccc(OC(F)(F)F)cc4)c(N)c3cc2C1. The Balaban J connectivity index is 1.55. The molecule has 31 heavy (non-hydrogen) atoms. The minimum atomic E-state index is -4.77. The van der Waals surface area contributed by atoms with E-state index < -0.39 is 12.3 Å². The van der Waals surface area contributed by atoms with Crippen LogP contribution in [-0.2, 0) is 13.0 Å². The minimum Gasteiger partial charge on any atom is -0.406 e. The molecule has 164 valence electrons. The fourth-order valence-corrected chi connectivity index (χ4v) is 4.55. The Morgan fingerprint density at radius 3 is 2.65 bits per heavy atom. The van der Waals surface area contributed by atoms with Gasteiger partial charge in [0.1, 0.15) is 15.5 Å². The van der Waals surface area contributed by atoms with E-state index in [-0.39, 0.29) is 5.75 Å². The first-order valence-corrected chi connectivity index (χ1v) is 10.5. The first kappa shape index (κ1) is 21.4. The molecule has 2 aromatic heterocycles. The Morgan fingerprint density at radius 1 is 1.29 bits per heavy atom. The lowest BCUT2D eigenvalue weighted by Gasteiger charge is -2.31. The summed E-state index contributed by atoms with van der Waals surface area (Å²) in [5, 5.41) is 3.40. The zero-order valence-electron chi connectivity index (χ0n) is 16.9. The average Bonchev–Trinajstić information content (AvgIpc) is 3.02. The van der Waals surface area contributed by atoms with Crippen LogP contribution < -0.4 is 15.8 Å². The van der Waals surface area contributed by atoms with Gasteiger partial charge in [-0.15, -0.1) is 24.5 Å². The molecular formula is C21H21F3N4O2S. The largest absolute Gasteiger partial charge is 0.573 e. The number of nitrogen functional groups attached to an aromatic ring is 1. The maximum Gasteiger partial charge on any atom is 0.573 e. The quantitative estimate of drug-likeness (QED) is 0.597. The number of pyridine rings is 1. The predicted molar refractivity (Wildman–Crippen MR) is 114 cm³/mol. The third-order valence-electron chi connectivity index (χ3n) is 5.18. The van der Waals surface area contributed by atoms with Crippen molar-refractivity contribution in [1.29, 1.82) is 0 Å². The van der Waals surface area contributed by atoms with Crippen LogP contribution in [0.3, 0.4) is 0 Å². The summed E-state index contributed by atoms with van der Waals surface area (Å²) < 4.78 is 40.7. The Hall–Kier alpha value is -2.85. The molecular weight excluding hydrogens is 429 g/mol. The van der Waals surface area contributed by atoms with E-state index in [9.17, 15) is 18.0 Å². The maximum atomic E-state index is 12.8. The van der Waals surface area contributed by atoms with E-state index in [2.05, 4.69) is 28.8 Å². The van der Waals surface area contributed by atoms with E-state index in [1.807, 2.05) is 6.07 Å². The second-order valence-electron chi connectivity index (χ2n) is 7.63. The summed E-state index contributed by atoms with van der Waals surface area (Å²) in [5.74, 6) is -0.802. The monoisotopic (exact) mass is 450 g/mol. The Morgan fingerprint density at radius 2 is 2.00 bits per heavy atom. The lowest BCUT2D eigenvalue weighted by molar-refractivity contribution is -0.274. The van der Waals surface area contributed by atoms with Crippen molar-refractivity contribution in [2.45, 2.75) is 39.2 Å². The number of nitrogens with zero attached hydrogens (tertiary/aromatic N) is 2. The number of nitrogens with one attached hydrogen (secondary N) is 1. The third kappa shape index (κ3) is 4.59. The van der Waals surface area contributed by atoms with E-state index in [0.717, 1.165) is 48.3 Å². The number of nitrogens with two attached hydrogens (primary N) is 1. The molecule has 4 rings (SSSR count). The zero-order chi connectivity index (χ0) is 22.3. The number of aromatic nitrogens is 1. The minimum absolute atomic E-state index is 0.321. The number of benzene rings is 1. The second kappa shape index (κ2) is 8.01. The first-order valence-electron chi connectivity index (χ1n) is 9.72. The average molecular weight is 450 g/mol. The number of rotatable bonds is 4. The van der Waals surface area contributed by atoms with Crippen molar-refractivity contribution >= 4 is 38.8 Å². The molecule has 0 unspecified atom stereocenters. The van der Waals surface area contributed by atoms with Crippen LogP contribution in [0.1, 0.15) is 34.8 Å². The number of thiophene rings is 1. The van der Waals surface area contributed by atoms with E-state index in [1.54, 1.807) is 0 Å². The fourth-order valence-electron chi connectivity index (χ4n) is 3.56. The van der Waals surface area contributed by atoms with Gasteiger partial charge in [0.05, 0.1) is 5.69 Å². The van der Waals surface area contributed by atoms with Gasteiger partial charge in [-0.1, -0.05) is 0 Å². The van der Waals surface area contributed by atoms with E-state index >= 15 is 0 Å². The van der Waals surface area contributed by atoms with Gasteiger partial charge in [0.2, 0.25) is 0 Å². The highest BCUT2D eigenvalue weighted by Crippen LogP contribution is 2.36. The van der Waals surface area contributed by atoms with Crippen molar-refractivity contribution < 1.29 is 22.7 Å². The molecule has 1 aromatic carbocycles. The highest BCUT2D eigenvalue weighted by Gasteiger charge is 2.31. The molecule has 0 saturated heterocycles. The maximum absolute atomic E-state index is 12.8. The molecule has 6 nitrogen and oxygen atoms in total. The standard InChI is InChI=1S/C21H21F3N4O2S/c1-11(2)28-8-7-16-12(10-28)9-15-17(25)18(31-20(15)27-16)19(29)26-13-3-5-14(6-4-13)30-21(22,23)24/h3-6,9,11H,7-8,10,25H2,1-2H3,(H,26,29). The number of amides is 1. The molecule has 1 aliphatic rings. The molecule has 0 saturated carbocycles. The van der Waals surface area contributed by atoms with Gasteiger partial charge in [0.25, 0.3) is 5.91 Å². The number of fused-ring (bicyclic) bond motifs is 2. The van der Waals surface area contributed by atoms with Crippen LogP contribution in [-0.4, -0.2) is 34.7 Å². The Labute approximate surface area is 180 Å². The Bertz CT molecular complexity index is 1130. The Kier molecular flexibility index (Phi) is 5.52. The molecule has 0 aliphatic carbocycles. The van der Waals surface area contributed by atoms with Crippen molar-refractivity contribution in [3.63, 3.8) is 0 Å². The van der Waals surface area contributed by atoms with Crippen LogP contribution in [0.4, 0.5) is 24.5 Å². The van der Waals surface area contributed by atoms with Crippen molar-refractivity contribution in [3.8, 4) is 5.75 Å². The molecule has 0 bridgehead atoms. The lowest BCUT2D eigenvalue weighted by atomic mass is 10.0. The van der Waals surface area contributed by atoms with Gasteiger partial charge in [-0.3, -0.25) is 9.69 Å². The van der Waals surface area contributed by atoms with Gasteiger partial charge < -0.3 is 15.8 Å². The molecule has 0 atom stereocenters. The number of carbonyl (C=O) groups is 1. The summed E-state index contributed by atoms with van der Waals surface area (Å²) in [6.07, 6.45) is -3.93. The van der Waals surface area contributed by atoms with Crippen LogP contribution >= 0.6 is 11.3 Å². The number of carbonyl (C=O) groups excluding carboxylic acids is 1. The fraction of sp³-hybridized carbons (Fsp3) is 0.333. The van der Waals surface area contributed by atoms with Crippen LogP contribution in [0.2, 0.25) is 0 Å². The number of anilines is 2. The van der Waals surface area contributed by atoms with Crippen LogP contribution in [0.15, 0.2) is 30.3 Å². The van der Waals surface area contributed by atoms with Gasteiger partial charge in [-0.05, 0) is 49.7 Å². The number of hydrogen-bond donors (Lipinski definition) is 2. The highest BCUT2D eigenvalue weighted by molar-refractivity contribution is 7.21. The van der Waals surface area contributed by atoms with Crippen molar-refractivity contribution in [2.24, 2.45) is 0 Å². The molecule has 3 N–H and O–H groups in total. The lowest BCUT2D eigenvalue weighted by Crippen LogP contribution is -2.36. The second-order valence-corrected chi connectivity index (χ2v) is 8.63. The first-order chi connectivity index (χ1) is 14.6. The number of halogens is 3. The van der Waals surface area contributed by atoms with Gasteiger partial charge in [-0.2, -0.15) is 0 Å². The molecule has 1 amide bonds. The summed E-state index contributed by atoms with van der Waals surface area (Å²) in [7, 11) is 0. The molecule has 3 heterocycles. The molecule has 3 aromatic rings. The zero-order valence-corrected chi connectivity index (χ0v) is 17.7. The number of ether oxygens (including phenoxy) is 1. The summed E-state index contributed by atoms with van der Waals surface area (Å²) in [6, 6.07) is 7.37. The molecule has 1 aliphatic heterocycles. The van der Waals surface area contributed by atoms with Crippen molar-refractivity contribution in [3.05, 3.63) is 46.5 Å². The van der Waals surface area contributed by atoms with Crippen molar-refractivity contribution in [2.75, 3.05) is 17.6 Å². The van der Waals surface area contributed by atoms with Crippen LogP contribution in [0.25, 0.3) is 10.2 Å². The van der Waals surface area contributed by atoms with E-state index in [1.165, 1.54) is 23.5 Å². The number of alkyl halides is 3. The summed E-state index contributed by atoms with van der Waals surface area (Å²) in [6.45, 7) is 6.03. The molecule has 0 fully saturated rings. The summed E-state index contributed by atoms with van der Waals surface area (Å²) in [4.78, 5) is 20.9. The molecule has 0 radical (unpaired) electrons. The van der Waals surface area contributed by atoms with E-state index in [0.29, 0.717) is 27.1 Å². The predicted octanol–water partition coefficient (Wildman–Crippen LogP) is 4.80. The van der Waals surface area contributed by atoms with Gasteiger partial charge >= 0.3 is 6.36 Å². The van der Waals surface area contributed by atoms with Gasteiger partial charge in [0.15, 0.2) is 0 Å². The summed E-state index contributed by atoms with van der Waals surface area (Å²) >= 11 is 1.21. The molecule has 0 spiro atoms. The van der Waals surface area contributed by atoms with Crippen molar-refractivity contribution in [1.82, 2.24) is 9.88 Å². The van der Waals surface area contributed by atoms with Gasteiger partial charge in [0, 0.05) is 42.3 Å². The molecule has 10 heteroatoms. The highest BCUT2D eigenvalue weighted by atomic mass is 32.1.